The molecule has 7 nitrogen and oxygen atoms in total. The Morgan fingerprint density at radius 3 is 2.67 bits per heavy atom. The number of carbonyl (C=O) groups is 3. The number of hydrogen-bond donors (Lipinski definition) is 2. The van der Waals surface area contributed by atoms with Gasteiger partial charge in [-0.15, -0.1) is 11.3 Å². The van der Waals surface area contributed by atoms with Crippen LogP contribution in [-0.4, -0.2) is 30.9 Å². The van der Waals surface area contributed by atoms with E-state index in [0.717, 1.165) is 16.1 Å². The normalized spacial score (nSPS) is 15.4. The number of amides is 3. The zero-order chi connectivity index (χ0) is 23.2. The van der Waals surface area contributed by atoms with E-state index in [0.29, 0.717) is 24.5 Å². The Morgan fingerprint density at radius 2 is 1.94 bits per heavy atom. The van der Waals surface area contributed by atoms with E-state index in [-0.39, 0.29) is 36.7 Å². The molecular weight excluding hydrogens is 438 g/mol. The van der Waals surface area contributed by atoms with Crippen molar-refractivity contribution in [3.8, 4) is 5.75 Å². The third-order valence-electron chi connectivity index (χ3n) is 5.33. The van der Waals surface area contributed by atoms with Gasteiger partial charge in [0.1, 0.15) is 5.75 Å². The molecule has 1 aliphatic heterocycles. The summed E-state index contributed by atoms with van der Waals surface area (Å²) in [5, 5.41) is 7.67. The summed E-state index contributed by atoms with van der Waals surface area (Å²) in [6, 6.07) is 18.4. The summed E-state index contributed by atoms with van der Waals surface area (Å²) in [5.74, 6) is -0.305. The molecule has 3 aromatic rings. The van der Waals surface area contributed by atoms with Gasteiger partial charge in [0.25, 0.3) is 5.91 Å². The van der Waals surface area contributed by atoms with Gasteiger partial charge in [0.05, 0.1) is 12.5 Å². The summed E-state index contributed by atoms with van der Waals surface area (Å²) in [6.07, 6.45) is 0.188. The smallest absolute Gasteiger partial charge is 0.262 e. The summed E-state index contributed by atoms with van der Waals surface area (Å²) < 4.78 is 5.56. The quantitative estimate of drug-likeness (QED) is 0.533. The van der Waals surface area contributed by atoms with Gasteiger partial charge in [-0.05, 0) is 60.3 Å². The molecule has 0 spiro atoms. The maximum Gasteiger partial charge on any atom is 0.262 e. The third kappa shape index (κ3) is 5.98. The molecule has 0 unspecified atom stereocenters. The first-order chi connectivity index (χ1) is 16.0. The molecule has 2 heterocycles. The second-order valence-corrected chi connectivity index (χ2v) is 8.94. The molecule has 1 aliphatic rings. The summed E-state index contributed by atoms with van der Waals surface area (Å²) in [5.41, 5.74) is 2.48. The van der Waals surface area contributed by atoms with Crippen LogP contribution in [0.1, 0.15) is 16.9 Å². The molecular formula is C25H25N3O4S. The van der Waals surface area contributed by atoms with Crippen molar-refractivity contribution in [2.24, 2.45) is 5.92 Å². The fourth-order valence-electron chi connectivity index (χ4n) is 3.66. The van der Waals surface area contributed by atoms with Crippen molar-refractivity contribution in [3.63, 3.8) is 0 Å². The molecule has 1 aromatic heterocycles. The van der Waals surface area contributed by atoms with Gasteiger partial charge in [0.15, 0.2) is 6.61 Å². The predicted octanol–water partition coefficient (Wildman–Crippen LogP) is 3.74. The van der Waals surface area contributed by atoms with Crippen molar-refractivity contribution in [2.45, 2.75) is 19.9 Å². The number of aryl methyl sites for hydroxylation is 1. The van der Waals surface area contributed by atoms with E-state index in [2.05, 4.69) is 10.6 Å². The van der Waals surface area contributed by atoms with Crippen LogP contribution in [0.25, 0.3) is 0 Å². The number of nitrogens with zero attached hydrogens (tertiary/aromatic N) is 1. The van der Waals surface area contributed by atoms with Crippen LogP contribution < -0.4 is 20.3 Å². The maximum absolute atomic E-state index is 12.5. The van der Waals surface area contributed by atoms with Crippen molar-refractivity contribution in [1.82, 2.24) is 5.32 Å². The highest BCUT2D eigenvalue weighted by atomic mass is 32.1. The topological polar surface area (TPSA) is 87.7 Å². The lowest BCUT2D eigenvalue weighted by atomic mass is 10.1. The average Bonchev–Trinajstić information content (AvgIpc) is 3.46. The minimum atomic E-state index is -0.376. The second-order valence-electron chi connectivity index (χ2n) is 7.90. The van der Waals surface area contributed by atoms with Crippen LogP contribution in [0.4, 0.5) is 11.4 Å². The molecule has 0 aliphatic carbocycles. The summed E-state index contributed by atoms with van der Waals surface area (Å²) in [6.45, 7) is 2.65. The molecule has 4 rings (SSSR count). The Hall–Kier alpha value is -3.65. The Morgan fingerprint density at radius 1 is 1.12 bits per heavy atom. The van der Waals surface area contributed by atoms with Crippen LogP contribution >= 0.6 is 11.3 Å². The van der Waals surface area contributed by atoms with Crippen LogP contribution in [0, 0.1) is 12.8 Å². The number of benzene rings is 2. The van der Waals surface area contributed by atoms with Crippen LogP contribution in [0.5, 0.6) is 5.75 Å². The highest BCUT2D eigenvalue weighted by Gasteiger charge is 2.35. The molecule has 0 radical (unpaired) electrons. The van der Waals surface area contributed by atoms with E-state index in [1.54, 1.807) is 40.5 Å². The van der Waals surface area contributed by atoms with Crippen LogP contribution in [0.2, 0.25) is 0 Å². The third-order valence-corrected chi connectivity index (χ3v) is 6.21. The maximum atomic E-state index is 12.5. The molecule has 2 aromatic carbocycles. The Bertz CT molecular complexity index is 1130. The lowest BCUT2D eigenvalue weighted by Crippen LogP contribution is -2.32. The van der Waals surface area contributed by atoms with E-state index >= 15 is 0 Å². The lowest BCUT2D eigenvalue weighted by Gasteiger charge is -2.17. The fourth-order valence-corrected chi connectivity index (χ4v) is 4.30. The lowest BCUT2D eigenvalue weighted by molar-refractivity contribution is -0.126. The fraction of sp³-hybridized carbons (Fsp3) is 0.240. The summed E-state index contributed by atoms with van der Waals surface area (Å²) in [7, 11) is 0. The molecule has 3 amide bonds. The van der Waals surface area contributed by atoms with Gasteiger partial charge >= 0.3 is 0 Å². The molecule has 170 valence electrons. The van der Waals surface area contributed by atoms with E-state index in [1.165, 1.54) is 0 Å². The van der Waals surface area contributed by atoms with Gasteiger partial charge in [-0.2, -0.15) is 0 Å². The van der Waals surface area contributed by atoms with Crippen LogP contribution in [0.3, 0.4) is 0 Å². The number of hydrogen-bond acceptors (Lipinski definition) is 5. The summed E-state index contributed by atoms with van der Waals surface area (Å²) >= 11 is 1.58. The first-order valence-corrected chi connectivity index (χ1v) is 11.6. The molecule has 33 heavy (non-hydrogen) atoms. The van der Waals surface area contributed by atoms with Crippen molar-refractivity contribution in [3.05, 3.63) is 76.5 Å². The van der Waals surface area contributed by atoms with Crippen LogP contribution in [-0.2, 0) is 20.9 Å². The molecule has 1 fully saturated rings. The first kappa shape index (κ1) is 22.5. The zero-order valence-corrected chi connectivity index (χ0v) is 19.1. The molecule has 0 bridgehead atoms. The monoisotopic (exact) mass is 463 g/mol. The SMILES string of the molecule is Cc1cccc(NC(=O)COc2ccc(N3C[C@@H](C(=O)NCc4cccs4)CC3=O)cc2)c1. The Labute approximate surface area is 196 Å². The molecule has 0 saturated carbocycles. The minimum Gasteiger partial charge on any atom is -0.484 e. The number of thiophene rings is 1. The standard InChI is InChI=1S/C25H25N3O4S/c1-17-4-2-5-19(12-17)27-23(29)16-32-21-9-7-20(8-10-21)28-15-18(13-24(28)30)25(31)26-14-22-6-3-11-33-22/h2-12,18H,13-16H2,1H3,(H,26,31)(H,27,29)/t18-/m0/s1. The van der Waals surface area contributed by atoms with E-state index < -0.39 is 0 Å². The predicted molar refractivity (Wildman–Crippen MR) is 128 cm³/mol. The van der Waals surface area contributed by atoms with Crippen molar-refractivity contribution in [1.29, 1.82) is 0 Å². The highest BCUT2D eigenvalue weighted by Crippen LogP contribution is 2.27. The van der Waals surface area contributed by atoms with Crippen molar-refractivity contribution < 1.29 is 19.1 Å². The zero-order valence-electron chi connectivity index (χ0n) is 18.2. The van der Waals surface area contributed by atoms with Gasteiger partial charge in [-0.3, -0.25) is 14.4 Å². The van der Waals surface area contributed by atoms with Gasteiger partial charge in [-0.25, -0.2) is 0 Å². The number of rotatable bonds is 8. The minimum absolute atomic E-state index is 0.0857. The van der Waals surface area contributed by atoms with Crippen LogP contribution in [0.15, 0.2) is 66.0 Å². The summed E-state index contributed by atoms with van der Waals surface area (Å²) in [4.78, 5) is 39.8. The van der Waals surface area contributed by atoms with Crippen molar-refractivity contribution >= 4 is 40.4 Å². The number of nitrogens with one attached hydrogen (secondary N) is 2. The number of anilines is 2. The highest BCUT2D eigenvalue weighted by molar-refractivity contribution is 7.09. The second kappa shape index (κ2) is 10.3. The molecule has 1 atom stereocenters. The first-order valence-electron chi connectivity index (χ1n) is 10.7. The largest absolute Gasteiger partial charge is 0.484 e. The van der Waals surface area contributed by atoms with Gasteiger partial charge in [0.2, 0.25) is 11.8 Å². The van der Waals surface area contributed by atoms with E-state index in [1.807, 2.05) is 48.7 Å². The number of carbonyl (C=O) groups excluding carboxylic acids is 3. The van der Waals surface area contributed by atoms with Gasteiger partial charge in [0, 0.05) is 29.2 Å². The average molecular weight is 464 g/mol. The van der Waals surface area contributed by atoms with Gasteiger partial charge < -0.3 is 20.3 Å². The Kier molecular flexibility index (Phi) is 7.04. The molecule has 2 N–H and O–H groups in total. The van der Waals surface area contributed by atoms with E-state index in [4.69, 9.17) is 4.74 Å². The molecule has 1 saturated heterocycles. The van der Waals surface area contributed by atoms with Gasteiger partial charge in [-0.1, -0.05) is 18.2 Å². The molecule has 8 heteroatoms. The van der Waals surface area contributed by atoms with Crippen molar-refractivity contribution in [2.75, 3.05) is 23.4 Å². The van der Waals surface area contributed by atoms with E-state index in [9.17, 15) is 14.4 Å². The number of ether oxygens (including phenoxy) is 1. The Balaban J connectivity index is 1.27.